The molecule has 0 atom stereocenters. The molecule has 0 unspecified atom stereocenters. The van der Waals surface area contributed by atoms with Crippen LogP contribution in [0, 0.1) is 11.3 Å². The van der Waals surface area contributed by atoms with Gasteiger partial charge in [-0.25, -0.2) is 9.67 Å². The van der Waals surface area contributed by atoms with Gasteiger partial charge in [-0.3, -0.25) is 4.98 Å². The van der Waals surface area contributed by atoms with Crippen molar-refractivity contribution in [2.24, 2.45) is 0 Å². The lowest BCUT2D eigenvalue weighted by molar-refractivity contribution is 0.878. The number of nitrogens with zero attached hydrogens (tertiary/aromatic N) is 5. The van der Waals surface area contributed by atoms with Crippen LogP contribution in [0.15, 0.2) is 36.8 Å². The molecule has 5 nitrogen and oxygen atoms in total. The molecule has 2 heterocycles. The molecule has 0 fully saturated rings. The molecule has 0 N–H and O–H groups in total. The predicted octanol–water partition coefficient (Wildman–Crippen LogP) is 2.34. The van der Waals surface area contributed by atoms with Crippen molar-refractivity contribution < 1.29 is 0 Å². The first-order valence-corrected chi connectivity index (χ1v) is 5.52. The SMILES string of the molecule is N#Cc1ncn(-c2ccnc3cc(Cl)ccc23)n1. The predicted molar refractivity (Wildman–Crippen MR) is 66.4 cm³/mol. The first-order valence-electron chi connectivity index (χ1n) is 5.14. The summed E-state index contributed by atoms with van der Waals surface area (Å²) in [5.41, 5.74) is 1.58. The molecule has 0 amide bonds. The quantitative estimate of drug-likeness (QED) is 0.669. The lowest BCUT2D eigenvalue weighted by Crippen LogP contribution is -1.97. The zero-order chi connectivity index (χ0) is 12.5. The molecule has 0 spiro atoms. The van der Waals surface area contributed by atoms with Gasteiger partial charge >= 0.3 is 0 Å². The average Bonchev–Trinajstić information content (AvgIpc) is 2.86. The highest BCUT2D eigenvalue weighted by molar-refractivity contribution is 6.31. The van der Waals surface area contributed by atoms with Gasteiger partial charge in [0.15, 0.2) is 0 Å². The molecule has 3 aromatic rings. The number of hydrogen-bond acceptors (Lipinski definition) is 4. The molecule has 6 heteroatoms. The Bertz CT molecular complexity index is 771. The summed E-state index contributed by atoms with van der Waals surface area (Å²) in [4.78, 5) is 8.12. The van der Waals surface area contributed by atoms with Crippen molar-refractivity contribution >= 4 is 22.5 Å². The number of halogens is 1. The second kappa shape index (κ2) is 4.09. The normalized spacial score (nSPS) is 10.4. The van der Waals surface area contributed by atoms with Gasteiger partial charge in [0.2, 0.25) is 0 Å². The van der Waals surface area contributed by atoms with Crippen LogP contribution >= 0.6 is 11.6 Å². The van der Waals surface area contributed by atoms with Crippen molar-refractivity contribution in [2.75, 3.05) is 0 Å². The summed E-state index contributed by atoms with van der Waals surface area (Å²) in [6.45, 7) is 0. The van der Waals surface area contributed by atoms with Crippen LogP contribution in [0.4, 0.5) is 0 Å². The molecule has 86 valence electrons. The standard InChI is InChI=1S/C12H6ClN5/c13-8-1-2-9-10(5-8)15-4-3-11(9)18-7-16-12(6-14)17-18/h1-5,7H. The van der Waals surface area contributed by atoms with Crippen LogP contribution in [0.3, 0.4) is 0 Å². The Kier molecular flexibility index (Phi) is 2.43. The van der Waals surface area contributed by atoms with Crippen LogP contribution < -0.4 is 0 Å². The number of pyridine rings is 1. The van der Waals surface area contributed by atoms with E-state index in [0.717, 1.165) is 16.6 Å². The van der Waals surface area contributed by atoms with Gasteiger partial charge in [0.05, 0.1) is 11.2 Å². The van der Waals surface area contributed by atoms with Crippen LogP contribution in [0.2, 0.25) is 5.02 Å². The molecular weight excluding hydrogens is 250 g/mol. The first-order chi connectivity index (χ1) is 8.78. The second-order valence-electron chi connectivity index (χ2n) is 3.62. The van der Waals surface area contributed by atoms with Crippen LogP contribution in [-0.4, -0.2) is 19.7 Å². The zero-order valence-electron chi connectivity index (χ0n) is 9.08. The second-order valence-corrected chi connectivity index (χ2v) is 4.05. The molecule has 0 bridgehead atoms. The average molecular weight is 256 g/mol. The van der Waals surface area contributed by atoms with E-state index in [2.05, 4.69) is 15.1 Å². The maximum Gasteiger partial charge on any atom is 0.252 e. The molecule has 1 aromatic carbocycles. The summed E-state index contributed by atoms with van der Waals surface area (Å²) in [6, 6.07) is 9.14. The Hall–Kier alpha value is -2.45. The number of benzene rings is 1. The topological polar surface area (TPSA) is 67.4 Å². The van der Waals surface area contributed by atoms with E-state index in [4.69, 9.17) is 16.9 Å². The lowest BCUT2D eigenvalue weighted by atomic mass is 10.2. The number of nitriles is 1. The van der Waals surface area contributed by atoms with Crippen LogP contribution in [0.1, 0.15) is 5.82 Å². The number of aromatic nitrogens is 4. The first kappa shape index (κ1) is 10.7. The largest absolute Gasteiger partial charge is 0.256 e. The maximum absolute atomic E-state index is 8.73. The molecule has 0 aliphatic heterocycles. The molecule has 0 aliphatic rings. The summed E-state index contributed by atoms with van der Waals surface area (Å²) < 4.78 is 1.55. The molecule has 18 heavy (non-hydrogen) atoms. The van der Waals surface area contributed by atoms with Crippen molar-refractivity contribution in [2.45, 2.75) is 0 Å². The van der Waals surface area contributed by atoms with E-state index in [9.17, 15) is 0 Å². The van der Waals surface area contributed by atoms with Gasteiger partial charge in [-0.2, -0.15) is 5.26 Å². The molecule has 0 radical (unpaired) electrons. The highest BCUT2D eigenvalue weighted by Crippen LogP contribution is 2.22. The number of hydrogen-bond donors (Lipinski definition) is 0. The van der Waals surface area contributed by atoms with E-state index in [1.54, 1.807) is 23.0 Å². The van der Waals surface area contributed by atoms with Gasteiger partial charge in [-0.15, -0.1) is 5.10 Å². The summed E-state index contributed by atoms with van der Waals surface area (Å²) in [7, 11) is 0. The van der Waals surface area contributed by atoms with Gasteiger partial charge in [0, 0.05) is 16.6 Å². The summed E-state index contributed by atoms with van der Waals surface area (Å²) in [6.07, 6.45) is 3.17. The summed E-state index contributed by atoms with van der Waals surface area (Å²) >= 11 is 5.93. The minimum atomic E-state index is 0.133. The Labute approximate surface area is 107 Å². The Morgan fingerprint density at radius 2 is 2.11 bits per heavy atom. The molecule has 0 aliphatic carbocycles. The van der Waals surface area contributed by atoms with E-state index >= 15 is 0 Å². The van der Waals surface area contributed by atoms with Gasteiger partial charge in [-0.05, 0) is 24.3 Å². The van der Waals surface area contributed by atoms with E-state index in [0.29, 0.717) is 5.02 Å². The number of rotatable bonds is 1. The van der Waals surface area contributed by atoms with Crippen LogP contribution in [-0.2, 0) is 0 Å². The molecule has 0 saturated carbocycles. The fourth-order valence-corrected chi connectivity index (χ4v) is 1.90. The van der Waals surface area contributed by atoms with Crippen molar-refractivity contribution in [1.29, 1.82) is 5.26 Å². The maximum atomic E-state index is 8.73. The third kappa shape index (κ3) is 1.69. The molecule has 0 saturated heterocycles. The van der Waals surface area contributed by atoms with Crippen molar-refractivity contribution in [3.63, 3.8) is 0 Å². The summed E-state index contributed by atoms with van der Waals surface area (Å²) in [5, 5.41) is 14.3. The Balaban J connectivity index is 2.26. The lowest BCUT2D eigenvalue weighted by Gasteiger charge is -2.05. The smallest absolute Gasteiger partial charge is 0.252 e. The highest BCUT2D eigenvalue weighted by Gasteiger charge is 2.07. The van der Waals surface area contributed by atoms with E-state index in [1.807, 2.05) is 18.2 Å². The van der Waals surface area contributed by atoms with Crippen molar-refractivity contribution in [1.82, 2.24) is 19.7 Å². The monoisotopic (exact) mass is 255 g/mol. The Morgan fingerprint density at radius 1 is 1.22 bits per heavy atom. The van der Waals surface area contributed by atoms with Crippen LogP contribution in [0.5, 0.6) is 0 Å². The van der Waals surface area contributed by atoms with Crippen molar-refractivity contribution in [3.05, 3.63) is 47.6 Å². The Morgan fingerprint density at radius 3 is 2.89 bits per heavy atom. The van der Waals surface area contributed by atoms with Gasteiger partial charge in [0.1, 0.15) is 12.4 Å². The molecular formula is C12H6ClN5. The number of fused-ring (bicyclic) bond motifs is 1. The van der Waals surface area contributed by atoms with Gasteiger partial charge in [-0.1, -0.05) is 11.6 Å². The minimum absolute atomic E-state index is 0.133. The summed E-state index contributed by atoms with van der Waals surface area (Å²) in [5.74, 6) is 0.133. The van der Waals surface area contributed by atoms with E-state index in [1.165, 1.54) is 6.33 Å². The highest BCUT2D eigenvalue weighted by atomic mass is 35.5. The van der Waals surface area contributed by atoms with Crippen LogP contribution in [0.25, 0.3) is 16.6 Å². The fourth-order valence-electron chi connectivity index (χ4n) is 1.74. The van der Waals surface area contributed by atoms with E-state index < -0.39 is 0 Å². The molecule has 3 rings (SSSR count). The fraction of sp³-hybridized carbons (Fsp3) is 0. The third-order valence-electron chi connectivity index (χ3n) is 2.52. The third-order valence-corrected chi connectivity index (χ3v) is 2.76. The zero-order valence-corrected chi connectivity index (χ0v) is 9.83. The van der Waals surface area contributed by atoms with Gasteiger partial charge in [0.25, 0.3) is 5.82 Å². The van der Waals surface area contributed by atoms with E-state index in [-0.39, 0.29) is 5.82 Å². The van der Waals surface area contributed by atoms with Crippen molar-refractivity contribution in [3.8, 4) is 11.8 Å². The van der Waals surface area contributed by atoms with Gasteiger partial charge < -0.3 is 0 Å². The molecule has 2 aromatic heterocycles. The minimum Gasteiger partial charge on any atom is -0.256 e.